The number of ether oxygens (including phenoxy) is 2. The maximum absolute atomic E-state index is 13.1. The second-order valence-electron chi connectivity index (χ2n) is 6.69. The third kappa shape index (κ3) is 2.64. The van der Waals surface area contributed by atoms with Crippen LogP contribution in [0.25, 0.3) is 0 Å². The van der Waals surface area contributed by atoms with E-state index in [9.17, 15) is 9.59 Å². The molecule has 2 heterocycles. The Morgan fingerprint density at radius 1 is 0.929 bits per heavy atom. The lowest BCUT2D eigenvalue weighted by Crippen LogP contribution is -2.42. The van der Waals surface area contributed by atoms with Gasteiger partial charge in [-0.2, -0.15) is 0 Å². The minimum Gasteiger partial charge on any atom is -0.464 e. The van der Waals surface area contributed by atoms with Crippen LogP contribution in [0, 0.1) is 0 Å². The number of nitrogens with zero attached hydrogens (tertiary/aromatic N) is 2. The molecule has 2 aliphatic heterocycles. The molecule has 2 aromatic rings. The molecule has 6 nitrogen and oxygen atoms in total. The van der Waals surface area contributed by atoms with E-state index in [-0.39, 0.29) is 25.0 Å². The molecule has 0 bridgehead atoms. The molecule has 2 aromatic carbocycles. The summed E-state index contributed by atoms with van der Waals surface area (Å²) in [4.78, 5) is 32.5. The van der Waals surface area contributed by atoms with Gasteiger partial charge in [0.05, 0.1) is 19.3 Å². The fourth-order valence-corrected chi connectivity index (χ4v) is 4.04. The lowest BCUT2D eigenvalue weighted by Gasteiger charge is -2.14. The van der Waals surface area contributed by atoms with Gasteiger partial charge in [0, 0.05) is 0 Å². The van der Waals surface area contributed by atoms with Crippen LogP contribution in [-0.2, 0) is 19.1 Å². The number of carbonyl (C=O) groups excluding carboxylic acids is 2. The topological polar surface area (TPSA) is 68.0 Å². The zero-order chi connectivity index (χ0) is 19.7. The lowest BCUT2D eigenvalue weighted by atomic mass is 9.94. The third-order valence-electron chi connectivity index (χ3n) is 5.16. The first-order valence-corrected chi connectivity index (χ1v) is 9.47. The molecule has 0 aliphatic carbocycles. The van der Waals surface area contributed by atoms with Gasteiger partial charge in [-0.3, -0.25) is 4.99 Å². The Labute approximate surface area is 163 Å². The van der Waals surface area contributed by atoms with Gasteiger partial charge in [-0.15, -0.1) is 0 Å². The molecule has 0 aromatic heterocycles. The number of benzene rings is 2. The Morgan fingerprint density at radius 3 is 2.07 bits per heavy atom. The van der Waals surface area contributed by atoms with E-state index < -0.39 is 23.6 Å². The van der Waals surface area contributed by atoms with Crippen molar-refractivity contribution in [2.75, 3.05) is 13.2 Å². The van der Waals surface area contributed by atoms with Gasteiger partial charge in [0.1, 0.15) is 6.17 Å². The Kier molecular flexibility index (Phi) is 4.73. The smallest absolute Gasteiger partial charge is 0.354 e. The average molecular weight is 378 g/mol. The summed E-state index contributed by atoms with van der Waals surface area (Å²) in [6, 6.07) is 19.0. The van der Waals surface area contributed by atoms with Crippen molar-refractivity contribution in [2.24, 2.45) is 4.99 Å². The molecule has 0 saturated carbocycles. The molecule has 28 heavy (non-hydrogen) atoms. The number of hydrogen-bond donors (Lipinski definition) is 0. The van der Waals surface area contributed by atoms with Gasteiger partial charge < -0.3 is 9.47 Å². The molecular formula is C22H22N2O4. The molecule has 0 radical (unpaired) electrons. The van der Waals surface area contributed by atoms with Crippen molar-refractivity contribution in [3.05, 3.63) is 71.8 Å². The SMILES string of the molecule is CCOC(=O)C1=N[C@@H](c2ccccc2)N2[C@H](c3ccccc3)[C@@]12C(=O)OCC. The molecule has 4 atom stereocenters. The lowest BCUT2D eigenvalue weighted by molar-refractivity contribution is -0.146. The van der Waals surface area contributed by atoms with E-state index in [2.05, 4.69) is 4.99 Å². The Morgan fingerprint density at radius 2 is 1.50 bits per heavy atom. The van der Waals surface area contributed by atoms with Crippen LogP contribution in [0.15, 0.2) is 65.7 Å². The minimum absolute atomic E-state index is 0.121. The predicted molar refractivity (Wildman–Crippen MR) is 104 cm³/mol. The number of fused-ring (bicyclic) bond motifs is 1. The van der Waals surface area contributed by atoms with Crippen LogP contribution in [0.5, 0.6) is 0 Å². The highest BCUT2D eigenvalue weighted by molar-refractivity contribution is 6.47. The van der Waals surface area contributed by atoms with Gasteiger partial charge >= 0.3 is 11.9 Å². The van der Waals surface area contributed by atoms with Crippen LogP contribution in [0.4, 0.5) is 0 Å². The fourth-order valence-electron chi connectivity index (χ4n) is 4.04. The van der Waals surface area contributed by atoms with Crippen molar-refractivity contribution < 1.29 is 19.1 Å². The second kappa shape index (κ2) is 7.20. The summed E-state index contributed by atoms with van der Waals surface area (Å²) >= 11 is 0. The van der Waals surface area contributed by atoms with Crippen molar-refractivity contribution >= 4 is 17.7 Å². The highest BCUT2D eigenvalue weighted by atomic mass is 16.5. The normalized spacial score (nSPS) is 27.5. The minimum atomic E-state index is -1.25. The van der Waals surface area contributed by atoms with Crippen LogP contribution in [-0.4, -0.2) is 41.3 Å². The monoisotopic (exact) mass is 378 g/mol. The summed E-state index contributed by atoms with van der Waals surface area (Å²) in [5.74, 6) is -1.04. The van der Waals surface area contributed by atoms with Gasteiger partial charge in [0.25, 0.3) is 0 Å². The molecule has 6 heteroatoms. The first kappa shape index (κ1) is 18.4. The Hall–Kier alpha value is -2.99. The summed E-state index contributed by atoms with van der Waals surface area (Å²) in [6.45, 7) is 3.92. The zero-order valence-corrected chi connectivity index (χ0v) is 15.9. The standard InChI is InChI=1S/C22H22N2O4/c1-3-27-20(25)17-22(21(26)28-4-2)18(15-11-7-5-8-12-15)24(22)19(23-17)16-13-9-6-10-14-16/h5-14,18-19H,3-4H2,1-2H3/t18-,19-,22-,24?/m1/s1. The number of hydrogen-bond acceptors (Lipinski definition) is 6. The highest BCUT2D eigenvalue weighted by Gasteiger charge is 2.79. The summed E-state index contributed by atoms with van der Waals surface area (Å²) in [5.41, 5.74) is 0.724. The van der Waals surface area contributed by atoms with Crippen molar-refractivity contribution in [3.8, 4) is 0 Å². The highest BCUT2D eigenvalue weighted by Crippen LogP contribution is 2.63. The molecular weight excluding hydrogens is 356 g/mol. The van der Waals surface area contributed by atoms with Gasteiger partial charge in [-0.05, 0) is 25.0 Å². The summed E-state index contributed by atoms with van der Waals surface area (Å²) in [5, 5.41) is 0. The van der Waals surface area contributed by atoms with Crippen LogP contribution in [0.1, 0.15) is 37.2 Å². The van der Waals surface area contributed by atoms with Gasteiger partial charge in [-0.25, -0.2) is 14.5 Å². The van der Waals surface area contributed by atoms with Gasteiger partial charge in [-0.1, -0.05) is 60.7 Å². The number of carbonyl (C=O) groups is 2. The second-order valence-corrected chi connectivity index (χ2v) is 6.69. The average Bonchev–Trinajstić information content (AvgIpc) is 3.29. The molecule has 4 rings (SSSR count). The van der Waals surface area contributed by atoms with Gasteiger partial charge in [0.15, 0.2) is 11.3 Å². The third-order valence-corrected chi connectivity index (χ3v) is 5.16. The largest absolute Gasteiger partial charge is 0.464 e. The Balaban J connectivity index is 1.85. The van der Waals surface area contributed by atoms with Crippen molar-refractivity contribution in [2.45, 2.75) is 31.6 Å². The van der Waals surface area contributed by atoms with E-state index in [4.69, 9.17) is 9.47 Å². The fraction of sp³-hybridized carbons (Fsp3) is 0.318. The van der Waals surface area contributed by atoms with E-state index in [0.717, 1.165) is 11.1 Å². The molecule has 1 unspecified atom stereocenters. The van der Waals surface area contributed by atoms with Crippen molar-refractivity contribution in [1.82, 2.24) is 4.90 Å². The summed E-state index contributed by atoms with van der Waals surface area (Å²) in [6.07, 6.45) is -0.449. The van der Waals surface area contributed by atoms with E-state index in [1.165, 1.54) is 0 Å². The van der Waals surface area contributed by atoms with E-state index in [0.29, 0.717) is 0 Å². The first-order chi connectivity index (χ1) is 13.7. The van der Waals surface area contributed by atoms with Crippen LogP contribution >= 0.6 is 0 Å². The van der Waals surface area contributed by atoms with Gasteiger partial charge in [0.2, 0.25) is 0 Å². The molecule has 1 saturated heterocycles. The van der Waals surface area contributed by atoms with Crippen molar-refractivity contribution in [1.29, 1.82) is 0 Å². The van der Waals surface area contributed by atoms with Crippen molar-refractivity contribution in [3.63, 3.8) is 0 Å². The van der Waals surface area contributed by atoms with Crippen LogP contribution in [0.2, 0.25) is 0 Å². The molecule has 2 aliphatic rings. The predicted octanol–water partition coefficient (Wildman–Crippen LogP) is 3.06. The van der Waals surface area contributed by atoms with E-state index in [1.54, 1.807) is 13.8 Å². The molecule has 1 fully saturated rings. The summed E-state index contributed by atoms with van der Waals surface area (Å²) < 4.78 is 10.6. The van der Waals surface area contributed by atoms with E-state index >= 15 is 0 Å². The number of aliphatic imine (C=N–C) groups is 1. The zero-order valence-electron chi connectivity index (χ0n) is 15.9. The first-order valence-electron chi connectivity index (χ1n) is 9.47. The molecule has 0 amide bonds. The van der Waals surface area contributed by atoms with Crippen LogP contribution < -0.4 is 0 Å². The molecule has 0 N–H and O–H groups in total. The maximum atomic E-state index is 13.1. The molecule has 0 spiro atoms. The Bertz CT molecular complexity index is 913. The van der Waals surface area contributed by atoms with Crippen LogP contribution in [0.3, 0.4) is 0 Å². The quantitative estimate of drug-likeness (QED) is 0.571. The summed E-state index contributed by atoms with van der Waals surface area (Å²) in [7, 11) is 0. The maximum Gasteiger partial charge on any atom is 0.354 e. The number of esters is 2. The molecule has 144 valence electrons. The van der Waals surface area contributed by atoms with E-state index in [1.807, 2.05) is 65.6 Å². The number of rotatable bonds is 6.